The molecule has 5 heteroatoms. The van der Waals surface area contributed by atoms with E-state index >= 15 is 0 Å². The molecule has 4 nitrogen and oxygen atoms in total. The van der Waals surface area contributed by atoms with Crippen molar-refractivity contribution in [1.29, 1.82) is 0 Å². The number of furan rings is 1. The highest BCUT2D eigenvalue weighted by atomic mass is 16.3. The van der Waals surface area contributed by atoms with Crippen LogP contribution in [-0.2, 0) is 43.3 Å². The number of fused-ring (bicyclic) bond motifs is 9. The molecule has 3 aliphatic carbocycles. The molecule has 0 saturated carbocycles. The van der Waals surface area contributed by atoms with Crippen molar-refractivity contribution in [3.8, 4) is 0 Å². The average molecular weight is 1130 g/mol. The van der Waals surface area contributed by atoms with Gasteiger partial charge >= 0.3 is 0 Å². The van der Waals surface area contributed by atoms with Crippen molar-refractivity contribution in [3.05, 3.63) is 214 Å². The highest BCUT2D eigenvalue weighted by Crippen LogP contribution is 2.56. The van der Waals surface area contributed by atoms with Gasteiger partial charge in [0.15, 0.2) is 0 Å². The molecular formula is C81H90BN3O. The van der Waals surface area contributed by atoms with E-state index in [-0.39, 0.29) is 50.0 Å². The molecule has 3 heterocycles. The summed E-state index contributed by atoms with van der Waals surface area (Å²) in [6.45, 7) is 41.1. The van der Waals surface area contributed by atoms with Crippen molar-refractivity contribution in [1.82, 2.24) is 0 Å². The number of anilines is 9. The molecule has 0 fully saturated rings. The molecule has 0 radical (unpaired) electrons. The van der Waals surface area contributed by atoms with Gasteiger partial charge in [0.25, 0.3) is 6.71 Å². The fourth-order valence-electron chi connectivity index (χ4n) is 16.2. The molecule has 5 aliphatic rings. The molecule has 0 bridgehead atoms. The van der Waals surface area contributed by atoms with E-state index in [1.807, 2.05) is 0 Å². The number of benzene rings is 8. The van der Waals surface area contributed by atoms with E-state index in [0.29, 0.717) is 0 Å². The Morgan fingerprint density at radius 2 is 0.849 bits per heavy atom. The van der Waals surface area contributed by atoms with Gasteiger partial charge in [0, 0.05) is 50.6 Å². The molecule has 0 unspecified atom stereocenters. The SMILES string of the molecule is CC(C)(C)c1ccc(N2c3cc4c(cc3B3c5oc6cc7c(cc6c5N(c5ccc6c(c5)C(C)(C)CCC6(C)C)c5cc(N(c6ccccc6)c6ccc(C(C)(C)c8ccccc8)cc6)cc2c53)C(C)(C)CCC7(C)C)C(C)(C)CCC4(C)C)cc1. The zero-order chi connectivity index (χ0) is 60.6. The van der Waals surface area contributed by atoms with Crippen LogP contribution >= 0.6 is 0 Å². The van der Waals surface area contributed by atoms with E-state index in [9.17, 15) is 0 Å². The van der Waals surface area contributed by atoms with E-state index in [2.05, 4.69) is 296 Å². The van der Waals surface area contributed by atoms with Crippen LogP contribution in [0.4, 0.5) is 51.2 Å². The molecule has 14 rings (SSSR count). The van der Waals surface area contributed by atoms with Crippen molar-refractivity contribution in [2.75, 3.05) is 14.7 Å². The standard InChI is InChI=1S/C81H90BN3O/c1-74(2,3)51-28-32-56(33-29-51)84-67-49-64-63(78(10,11)41-42-79(64,12)13)48-66(67)82-71-68(84)45-58(83(54-26-22-19-23-27-54)55-34-30-53(31-35-55)81(16,17)52-24-20-18-21-25-52)46-69(71)85(57-36-37-60-61(44-57)76(6,7)39-38-75(60,4)5)72-59-47-62-65(50-70(59)86-73(72)82)80(14,15)43-40-77(62,8)9/h18-37,44-50H,38-43H2,1-17H3. The molecule has 0 saturated heterocycles. The number of hydrogen-bond donors (Lipinski definition) is 0. The van der Waals surface area contributed by atoms with Crippen LogP contribution < -0.4 is 31.3 Å². The van der Waals surface area contributed by atoms with E-state index in [1.165, 1.54) is 94.8 Å². The van der Waals surface area contributed by atoms with Crippen LogP contribution in [0, 0.1) is 0 Å². The molecule has 0 amide bonds. The molecule has 0 spiro atoms. The molecule has 438 valence electrons. The number of rotatable bonds is 7. The Kier molecular flexibility index (Phi) is 12.4. The quantitative estimate of drug-likeness (QED) is 0.148. The summed E-state index contributed by atoms with van der Waals surface area (Å²) in [6, 6.07) is 64.0. The zero-order valence-electron chi connectivity index (χ0n) is 54.7. The van der Waals surface area contributed by atoms with E-state index < -0.39 is 0 Å². The first-order valence-corrected chi connectivity index (χ1v) is 32.3. The molecule has 2 aliphatic heterocycles. The summed E-state index contributed by atoms with van der Waals surface area (Å²) in [6.07, 6.45) is 6.81. The molecular weight excluding hydrogens is 1040 g/mol. The molecule has 0 N–H and O–H groups in total. The zero-order valence-corrected chi connectivity index (χ0v) is 54.7. The summed E-state index contributed by atoms with van der Waals surface area (Å²) in [5, 5.41) is 1.19. The Balaban J connectivity index is 1.13. The smallest absolute Gasteiger partial charge is 0.297 e. The maximum absolute atomic E-state index is 7.91. The predicted molar refractivity (Wildman–Crippen MR) is 368 cm³/mol. The first-order valence-electron chi connectivity index (χ1n) is 32.3. The van der Waals surface area contributed by atoms with E-state index in [0.717, 1.165) is 72.5 Å². The molecule has 86 heavy (non-hydrogen) atoms. The summed E-state index contributed by atoms with van der Waals surface area (Å²) >= 11 is 0. The third-order valence-corrected chi connectivity index (χ3v) is 22.3. The fourth-order valence-corrected chi connectivity index (χ4v) is 16.2. The minimum atomic E-state index is -0.213. The first kappa shape index (κ1) is 56.6. The van der Waals surface area contributed by atoms with Crippen LogP contribution in [0.25, 0.3) is 11.0 Å². The van der Waals surface area contributed by atoms with E-state index in [4.69, 9.17) is 4.42 Å². The van der Waals surface area contributed by atoms with Crippen LogP contribution in [0.5, 0.6) is 0 Å². The van der Waals surface area contributed by atoms with Crippen LogP contribution in [0.1, 0.15) is 206 Å². The fraction of sp³-hybridized carbons (Fsp3) is 0.383. The monoisotopic (exact) mass is 1130 g/mol. The van der Waals surface area contributed by atoms with Crippen LogP contribution in [0.2, 0.25) is 0 Å². The lowest BCUT2D eigenvalue weighted by atomic mass is 9.35. The van der Waals surface area contributed by atoms with Gasteiger partial charge in [0.1, 0.15) is 5.58 Å². The van der Waals surface area contributed by atoms with Crippen LogP contribution in [0.15, 0.2) is 168 Å². The van der Waals surface area contributed by atoms with Gasteiger partial charge < -0.3 is 19.1 Å². The van der Waals surface area contributed by atoms with Crippen molar-refractivity contribution < 1.29 is 4.42 Å². The van der Waals surface area contributed by atoms with Gasteiger partial charge in [-0.3, -0.25) is 0 Å². The van der Waals surface area contributed by atoms with E-state index in [1.54, 1.807) is 0 Å². The molecule has 0 atom stereocenters. The lowest BCUT2D eigenvalue weighted by Gasteiger charge is -2.47. The highest BCUT2D eigenvalue weighted by Gasteiger charge is 2.51. The second kappa shape index (κ2) is 18.9. The summed E-state index contributed by atoms with van der Waals surface area (Å²) in [5.74, 6) is 0. The van der Waals surface area contributed by atoms with Gasteiger partial charge in [-0.15, -0.1) is 0 Å². The average Bonchev–Trinajstić information content (AvgIpc) is 1.27. The Morgan fingerprint density at radius 3 is 1.42 bits per heavy atom. The Hall–Kier alpha value is -7.24. The number of para-hydroxylation sites is 1. The maximum atomic E-state index is 7.91. The van der Waals surface area contributed by atoms with Crippen molar-refractivity contribution in [2.45, 2.75) is 200 Å². The number of hydrogen-bond acceptors (Lipinski definition) is 4. The second-order valence-corrected chi connectivity index (χ2v) is 32.2. The normalized spacial score (nSPS) is 19.0. The van der Waals surface area contributed by atoms with Crippen molar-refractivity contribution in [2.24, 2.45) is 0 Å². The minimum Gasteiger partial charge on any atom is -0.468 e. The predicted octanol–water partition coefficient (Wildman–Crippen LogP) is 20.7. The summed E-state index contributed by atoms with van der Waals surface area (Å²) in [5.41, 5.74) is 27.3. The summed E-state index contributed by atoms with van der Waals surface area (Å²) in [4.78, 5) is 7.85. The largest absolute Gasteiger partial charge is 0.468 e. The third kappa shape index (κ3) is 8.72. The van der Waals surface area contributed by atoms with Gasteiger partial charge in [0.05, 0.1) is 17.0 Å². The lowest BCUT2D eigenvalue weighted by molar-refractivity contribution is 0.332. The summed E-state index contributed by atoms with van der Waals surface area (Å²) < 4.78 is 7.91. The molecule has 1 aromatic heterocycles. The Labute approximate surface area is 515 Å². The highest BCUT2D eigenvalue weighted by molar-refractivity contribution is 7.00. The van der Waals surface area contributed by atoms with Gasteiger partial charge in [-0.25, -0.2) is 0 Å². The van der Waals surface area contributed by atoms with Gasteiger partial charge in [0.2, 0.25) is 0 Å². The van der Waals surface area contributed by atoms with Gasteiger partial charge in [-0.2, -0.15) is 0 Å². The third-order valence-electron chi connectivity index (χ3n) is 22.3. The minimum absolute atomic E-state index is 0.00225. The Bertz CT molecular complexity index is 4180. The summed E-state index contributed by atoms with van der Waals surface area (Å²) in [7, 11) is 0. The van der Waals surface area contributed by atoms with Crippen LogP contribution in [-0.4, -0.2) is 6.71 Å². The second-order valence-electron chi connectivity index (χ2n) is 32.2. The number of nitrogens with zero attached hydrogens (tertiary/aromatic N) is 3. The molecule has 8 aromatic carbocycles. The maximum Gasteiger partial charge on any atom is 0.297 e. The van der Waals surface area contributed by atoms with Crippen molar-refractivity contribution in [3.63, 3.8) is 0 Å². The Morgan fingerprint density at radius 1 is 0.395 bits per heavy atom. The topological polar surface area (TPSA) is 22.9 Å². The first-order chi connectivity index (χ1) is 40.5. The molecule has 9 aromatic rings. The van der Waals surface area contributed by atoms with Crippen molar-refractivity contribution >= 4 is 85.5 Å². The van der Waals surface area contributed by atoms with Crippen LogP contribution in [0.3, 0.4) is 0 Å². The lowest BCUT2D eigenvalue weighted by Crippen LogP contribution is -2.61. The van der Waals surface area contributed by atoms with Gasteiger partial charge in [-0.05, 0) is 216 Å². The van der Waals surface area contributed by atoms with Gasteiger partial charge in [-0.1, -0.05) is 203 Å².